The van der Waals surface area contributed by atoms with Gasteiger partial charge in [0.2, 0.25) is 5.71 Å². The van der Waals surface area contributed by atoms with Crippen LogP contribution in [0.4, 0.5) is 14.5 Å². The van der Waals surface area contributed by atoms with Crippen molar-refractivity contribution in [3.05, 3.63) is 96.0 Å². The first-order valence-electron chi connectivity index (χ1n) is 8.35. The number of nitrogens with one attached hydrogen (secondary N) is 1. The quantitative estimate of drug-likeness (QED) is 0.532. The lowest BCUT2D eigenvalue weighted by molar-refractivity contribution is -0.110. The van der Waals surface area contributed by atoms with Crippen molar-refractivity contribution < 1.29 is 22.6 Å². The molecule has 0 unspecified atom stereocenters. The zero-order valence-electron chi connectivity index (χ0n) is 15.0. The van der Waals surface area contributed by atoms with Crippen LogP contribution in [0, 0.1) is 11.6 Å². The minimum Gasteiger partial charge on any atom is -0.404 e. The highest BCUT2D eigenvalue weighted by molar-refractivity contribution is 7.92. The van der Waals surface area contributed by atoms with E-state index in [4.69, 9.17) is 11.1 Å². The minimum absolute atomic E-state index is 0.132. The number of nitrogens with two attached hydrogens (primary N) is 2. The Bertz CT molecular complexity index is 1200. The smallest absolute Gasteiger partial charge is 0.264 e. The third kappa shape index (κ3) is 4.46. The van der Waals surface area contributed by atoms with Crippen molar-refractivity contribution in [2.75, 3.05) is 4.72 Å². The third-order valence-electron chi connectivity index (χ3n) is 4.06. The Kier molecular flexibility index (Phi) is 5.69. The maximum absolute atomic E-state index is 13.9. The van der Waals surface area contributed by atoms with Crippen LogP contribution in [0.2, 0.25) is 0 Å². The van der Waals surface area contributed by atoms with E-state index in [-0.39, 0.29) is 5.69 Å². The van der Waals surface area contributed by atoms with Crippen LogP contribution < -0.4 is 15.9 Å². The summed E-state index contributed by atoms with van der Waals surface area (Å²) in [6.45, 7) is 0. The number of pyridine rings is 1. The van der Waals surface area contributed by atoms with Gasteiger partial charge in [-0.3, -0.25) is 15.1 Å². The maximum atomic E-state index is 13.9. The van der Waals surface area contributed by atoms with Gasteiger partial charge in [-0.2, -0.15) is 0 Å². The van der Waals surface area contributed by atoms with E-state index in [1.807, 2.05) is 0 Å². The Morgan fingerprint density at radius 3 is 2.45 bits per heavy atom. The number of hydrogen-bond donors (Lipinski definition) is 3. The molecule has 2 aromatic carbocycles. The predicted octanol–water partition coefficient (Wildman–Crippen LogP) is 1.71. The lowest BCUT2D eigenvalue weighted by Gasteiger charge is -2.11. The van der Waals surface area contributed by atoms with E-state index in [9.17, 15) is 17.2 Å². The number of rotatable bonds is 6. The largest absolute Gasteiger partial charge is 0.404 e. The minimum atomic E-state index is -4.35. The Hall–Kier alpha value is -3.59. The molecule has 0 bridgehead atoms. The van der Waals surface area contributed by atoms with Gasteiger partial charge in [0.25, 0.3) is 10.0 Å². The Morgan fingerprint density at radius 2 is 1.76 bits per heavy atom. The van der Waals surface area contributed by atoms with Crippen LogP contribution in [0.15, 0.2) is 78.1 Å². The van der Waals surface area contributed by atoms with Gasteiger partial charge in [0.05, 0.1) is 5.57 Å². The molecule has 0 aliphatic carbocycles. The molecule has 0 amide bonds. The van der Waals surface area contributed by atoms with Gasteiger partial charge in [-0.05, 0) is 48.0 Å². The lowest BCUT2D eigenvalue weighted by atomic mass is 9.97. The molecule has 3 aromatic rings. The molecule has 0 saturated carbocycles. The predicted molar refractivity (Wildman–Crippen MR) is 106 cm³/mol. The number of sulfonamides is 1. The summed E-state index contributed by atoms with van der Waals surface area (Å²) in [7, 11) is -4.35. The first-order valence-corrected chi connectivity index (χ1v) is 9.83. The Balaban J connectivity index is 1.93. The number of benzene rings is 2. The Morgan fingerprint density at radius 1 is 1.03 bits per heavy atom. The fraction of sp³-hybridized carbons (Fsp3) is 0. The molecular weight excluding hydrogens is 398 g/mol. The molecule has 29 heavy (non-hydrogen) atoms. The van der Waals surface area contributed by atoms with Crippen molar-refractivity contribution in [2.45, 2.75) is 4.90 Å². The molecule has 0 fully saturated rings. The molecule has 0 saturated heterocycles. The molecule has 1 aromatic heterocycles. The van der Waals surface area contributed by atoms with E-state index in [0.717, 1.165) is 12.1 Å². The molecule has 9 heteroatoms. The van der Waals surface area contributed by atoms with Crippen LogP contribution in [0.5, 0.6) is 0 Å². The van der Waals surface area contributed by atoms with Crippen molar-refractivity contribution in [1.82, 2.24) is 4.98 Å². The average Bonchev–Trinajstić information content (AvgIpc) is 2.71. The average molecular weight is 415 g/mol. The van der Waals surface area contributed by atoms with Gasteiger partial charge in [-0.15, -0.1) is 0 Å². The molecule has 0 aliphatic heterocycles. The molecule has 3 rings (SSSR count). The second-order valence-electron chi connectivity index (χ2n) is 5.99. The molecule has 0 aliphatic rings. The second kappa shape index (κ2) is 8.19. The van der Waals surface area contributed by atoms with Gasteiger partial charge in [0.15, 0.2) is 0 Å². The summed E-state index contributed by atoms with van der Waals surface area (Å²) in [6, 6.07) is 11.8. The molecule has 6 nitrogen and oxygen atoms in total. The van der Waals surface area contributed by atoms with Crippen molar-refractivity contribution in [3.63, 3.8) is 0 Å². The van der Waals surface area contributed by atoms with Gasteiger partial charge in [0.1, 0.15) is 16.5 Å². The third-order valence-corrected chi connectivity index (χ3v) is 5.45. The molecule has 5 N–H and O–H groups in total. The summed E-state index contributed by atoms with van der Waals surface area (Å²) in [5.74, 6) is -1.93. The van der Waals surface area contributed by atoms with Crippen LogP contribution in [0.1, 0.15) is 11.1 Å². The number of aromatic nitrogens is 1. The molecule has 0 atom stereocenters. The van der Waals surface area contributed by atoms with Crippen LogP contribution in [-0.2, 0) is 10.0 Å². The number of allylic oxidation sites excluding steroid dienone is 1. The van der Waals surface area contributed by atoms with Gasteiger partial charge in [0, 0.05) is 29.8 Å². The van der Waals surface area contributed by atoms with Gasteiger partial charge < -0.3 is 5.73 Å². The summed E-state index contributed by atoms with van der Waals surface area (Å²) in [5.41, 5.74) is 7.92. The zero-order valence-corrected chi connectivity index (χ0v) is 15.8. The van der Waals surface area contributed by atoms with Crippen LogP contribution in [0.25, 0.3) is 5.57 Å². The van der Waals surface area contributed by atoms with E-state index in [1.165, 1.54) is 18.3 Å². The molecule has 0 spiro atoms. The van der Waals surface area contributed by atoms with Crippen LogP contribution in [-0.4, -0.2) is 19.1 Å². The molecule has 0 radical (unpaired) electrons. The summed E-state index contributed by atoms with van der Waals surface area (Å²) >= 11 is 0. The van der Waals surface area contributed by atoms with E-state index < -0.39 is 26.6 Å². The highest BCUT2D eigenvalue weighted by atomic mass is 32.2. The summed E-state index contributed by atoms with van der Waals surface area (Å²) in [5, 5.41) is 6.20. The summed E-state index contributed by atoms with van der Waals surface area (Å²) in [4.78, 5) is 3.14. The second-order valence-corrected chi connectivity index (χ2v) is 7.64. The number of anilines is 1. The monoisotopic (exact) mass is 415 g/mol. The molecular formula is C20H17F2N4O2S+. The topological polar surface area (TPSA) is 111 Å². The highest BCUT2D eigenvalue weighted by Crippen LogP contribution is 2.24. The van der Waals surface area contributed by atoms with Gasteiger partial charge >= 0.3 is 0 Å². The first-order chi connectivity index (χ1) is 13.8. The number of halogens is 2. The standard InChI is InChI=1S/C20H16F2N4O2S/c21-15-4-5-18(22)19(11-15)29(27,28)26-16-3-1-2-14(10-16)17(12-23)20(24)13-6-8-25-9-7-13/h1-12,24,26H,23H2/p+1/b17-12-,24-20?. The molecule has 1 heterocycles. The van der Waals surface area contributed by atoms with Gasteiger partial charge in [-0.1, -0.05) is 12.1 Å². The highest BCUT2D eigenvalue weighted by Gasteiger charge is 2.21. The van der Waals surface area contributed by atoms with E-state index >= 15 is 0 Å². The van der Waals surface area contributed by atoms with Crippen molar-refractivity contribution in [2.24, 2.45) is 5.73 Å². The fourth-order valence-corrected chi connectivity index (χ4v) is 3.81. The maximum Gasteiger partial charge on any atom is 0.264 e. The van der Waals surface area contributed by atoms with E-state index in [1.54, 1.807) is 36.7 Å². The normalized spacial score (nSPS) is 11.9. The van der Waals surface area contributed by atoms with Crippen molar-refractivity contribution in [3.8, 4) is 0 Å². The van der Waals surface area contributed by atoms with Crippen LogP contribution >= 0.6 is 0 Å². The Labute approximate surface area is 166 Å². The lowest BCUT2D eigenvalue weighted by Crippen LogP contribution is -2.41. The SMILES string of the molecule is N/C=C(\C(=[NH2+])c1ccncc1)c1cccc(NS(=O)(=O)c2cc(F)ccc2F)c1. The number of hydrogen-bond acceptors (Lipinski definition) is 4. The fourth-order valence-electron chi connectivity index (χ4n) is 2.67. The van der Waals surface area contributed by atoms with Crippen molar-refractivity contribution in [1.29, 1.82) is 0 Å². The van der Waals surface area contributed by atoms with Crippen LogP contribution in [0.3, 0.4) is 0 Å². The summed E-state index contributed by atoms with van der Waals surface area (Å²) < 4.78 is 54.5. The zero-order chi connectivity index (χ0) is 21.0. The van der Waals surface area contributed by atoms with E-state index in [0.29, 0.717) is 28.5 Å². The first kappa shape index (κ1) is 20.2. The van der Waals surface area contributed by atoms with E-state index in [2.05, 4.69) is 9.71 Å². The van der Waals surface area contributed by atoms with Crippen molar-refractivity contribution >= 4 is 27.0 Å². The number of nitrogens with zero attached hydrogens (tertiary/aromatic N) is 1. The molecule has 148 valence electrons. The summed E-state index contributed by atoms with van der Waals surface area (Å²) in [6.07, 6.45) is 4.46. The van der Waals surface area contributed by atoms with Gasteiger partial charge in [-0.25, -0.2) is 17.2 Å².